The van der Waals surface area contributed by atoms with Crippen molar-refractivity contribution < 1.29 is 4.79 Å². The van der Waals surface area contributed by atoms with Crippen LogP contribution in [0, 0.1) is 0 Å². The molecule has 1 heterocycles. The molecule has 0 N–H and O–H groups in total. The predicted octanol–water partition coefficient (Wildman–Crippen LogP) is 4.72. The summed E-state index contributed by atoms with van der Waals surface area (Å²) in [6, 6.07) is 5.92. The molecule has 1 saturated heterocycles. The van der Waals surface area contributed by atoms with Crippen LogP contribution in [-0.2, 0) is 11.3 Å². The van der Waals surface area contributed by atoms with Gasteiger partial charge in [0.15, 0.2) is 0 Å². The van der Waals surface area contributed by atoms with Gasteiger partial charge in [0.05, 0.1) is 0 Å². The van der Waals surface area contributed by atoms with Crippen molar-refractivity contribution in [2.75, 3.05) is 6.54 Å². The number of likely N-dealkylation sites (tertiary alicyclic amines) is 1. The van der Waals surface area contributed by atoms with Gasteiger partial charge in [0, 0.05) is 29.1 Å². The third-order valence-corrected chi connectivity index (χ3v) is 4.51. The average molecular weight is 314 g/mol. The maximum atomic E-state index is 11.5. The largest absolute Gasteiger partial charge is 0.300 e. The highest BCUT2D eigenvalue weighted by atomic mass is 35.5. The average Bonchev–Trinajstić information content (AvgIpc) is 2.59. The van der Waals surface area contributed by atoms with E-state index >= 15 is 0 Å². The lowest BCUT2D eigenvalue weighted by Gasteiger charge is -2.29. The summed E-state index contributed by atoms with van der Waals surface area (Å²) >= 11 is 12.3. The van der Waals surface area contributed by atoms with Crippen LogP contribution in [0.3, 0.4) is 0 Å². The van der Waals surface area contributed by atoms with Gasteiger partial charge in [-0.1, -0.05) is 36.0 Å². The molecule has 0 spiro atoms. The Labute approximate surface area is 131 Å². The molecule has 2 rings (SSSR count). The van der Waals surface area contributed by atoms with Gasteiger partial charge in [-0.25, -0.2) is 0 Å². The Morgan fingerprint density at radius 2 is 2.10 bits per heavy atom. The van der Waals surface area contributed by atoms with Crippen molar-refractivity contribution in [3.63, 3.8) is 0 Å². The van der Waals surface area contributed by atoms with Crippen LogP contribution >= 0.6 is 23.2 Å². The van der Waals surface area contributed by atoms with Gasteiger partial charge >= 0.3 is 0 Å². The second kappa shape index (κ2) is 7.44. The van der Waals surface area contributed by atoms with E-state index in [9.17, 15) is 4.79 Å². The zero-order valence-electron chi connectivity index (χ0n) is 11.9. The summed E-state index contributed by atoms with van der Waals surface area (Å²) < 4.78 is 0. The van der Waals surface area contributed by atoms with E-state index in [0.29, 0.717) is 17.5 Å². The summed E-state index contributed by atoms with van der Waals surface area (Å²) in [6.45, 7) is 3.48. The number of halogens is 2. The Balaban J connectivity index is 2.14. The van der Waals surface area contributed by atoms with E-state index in [1.807, 2.05) is 18.2 Å². The van der Waals surface area contributed by atoms with Gasteiger partial charge in [0.1, 0.15) is 5.78 Å². The van der Waals surface area contributed by atoms with Crippen LogP contribution in [-0.4, -0.2) is 23.3 Å². The van der Waals surface area contributed by atoms with Gasteiger partial charge in [-0.05, 0) is 50.1 Å². The lowest BCUT2D eigenvalue weighted by molar-refractivity contribution is -0.118. The first-order valence-corrected chi connectivity index (χ1v) is 7.99. The molecule has 1 fully saturated rings. The number of hydrogen-bond donors (Lipinski definition) is 0. The van der Waals surface area contributed by atoms with Crippen molar-refractivity contribution in [3.8, 4) is 0 Å². The fraction of sp³-hybridized carbons (Fsp3) is 0.562. The summed E-state index contributed by atoms with van der Waals surface area (Å²) in [5.41, 5.74) is 1.05. The lowest BCUT2D eigenvalue weighted by Crippen LogP contribution is -2.35. The van der Waals surface area contributed by atoms with Crippen molar-refractivity contribution in [2.24, 2.45) is 0 Å². The van der Waals surface area contributed by atoms with E-state index in [1.54, 1.807) is 6.92 Å². The molecule has 0 bridgehead atoms. The topological polar surface area (TPSA) is 20.3 Å². The molecule has 0 saturated carbocycles. The fourth-order valence-electron chi connectivity index (χ4n) is 2.89. The molecule has 1 atom stereocenters. The molecule has 1 aliphatic heterocycles. The first kappa shape index (κ1) is 15.8. The number of ketones is 1. The third kappa shape index (κ3) is 4.47. The molecule has 4 heteroatoms. The molecule has 0 aromatic heterocycles. The molecule has 1 aromatic rings. The number of carbonyl (C=O) groups excluding carboxylic acids is 1. The zero-order valence-corrected chi connectivity index (χ0v) is 13.4. The summed E-state index contributed by atoms with van der Waals surface area (Å²) in [6.07, 6.45) is 5.37. The molecule has 20 heavy (non-hydrogen) atoms. The van der Waals surface area contributed by atoms with Crippen molar-refractivity contribution in [3.05, 3.63) is 33.8 Å². The first-order chi connectivity index (χ1) is 9.56. The van der Waals surface area contributed by atoms with Gasteiger partial charge in [-0.2, -0.15) is 0 Å². The Kier molecular flexibility index (Phi) is 5.88. The minimum atomic E-state index is 0.263. The number of Topliss-reactive ketones (excluding diaryl/α,β-unsaturated/α-hetero) is 1. The van der Waals surface area contributed by atoms with E-state index in [2.05, 4.69) is 4.90 Å². The minimum Gasteiger partial charge on any atom is -0.300 e. The molecular weight excluding hydrogens is 293 g/mol. The Morgan fingerprint density at radius 3 is 2.85 bits per heavy atom. The lowest BCUT2D eigenvalue weighted by atomic mass is 10.0. The normalized spacial score (nSPS) is 20.6. The highest BCUT2D eigenvalue weighted by Crippen LogP contribution is 2.26. The van der Waals surface area contributed by atoms with E-state index in [0.717, 1.165) is 30.1 Å². The maximum absolute atomic E-state index is 11.5. The van der Waals surface area contributed by atoms with Crippen LogP contribution in [0.25, 0.3) is 0 Å². The van der Waals surface area contributed by atoms with Gasteiger partial charge in [0.25, 0.3) is 0 Å². The van der Waals surface area contributed by atoms with E-state index in [-0.39, 0.29) is 5.78 Å². The SMILES string of the molecule is CC(=O)CC1CCCCCN1Cc1cc(Cl)ccc1Cl. The van der Waals surface area contributed by atoms with Crippen molar-refractivity contribution in [1.82, 2.24) is 4.90 Å². The van der Waals surface area contributed by atoms with Crippen LogP contribution in [0.1, 0.15) is 44.6 Å². The van der Waals surface area contributed by atoms with Gasteiger partial charge in [-0.15, -0.1) is 0 Å². The van der Waals surface area contributed by atoms with Crippen LogP contribution in [0.2, 0.25) is 10.0 Å². The van der Waals surface area contributed by atoms with Crippen LogP contribution < -0.4 is 0 Å². The number of carbonyl (C=O) groups is 1. The molecule has 110 valence electrons. The van der Waals surface area contributed by atoms with Crippen molar-refractivity contribution >= 4 is 29.0 Å². The van der Waals surface area contributed by atoms with Crippen molar-refractivity contribution in [1.29, 1.82) is 0 Å². The third-order valence-electron chi connectivity index (χ3n) is 3.90. The molecular formula is C16H21Cl2NO. The van der Waals surface area contributed by atoms with Gasteiger partial charge in [0.2, 0.25) is 0 Å². The second-order valence-corrected chi connectivity index (χ2v) is 6.46. The molecule has 0 aliphatic carbocycles. The summed E-state index contributed by atoms with van der Waals surface area (Å²) in [5.74, 6) is 0.263. The highest BCUT2D eigenvalue weighted by Gasteiger charge is 2.23. The van der Waals surface area contributed by atoms with E-state index in [4.69, 9.17) is 23.2 Å². The molecule has 1 aromatic carbocycles. The Morgan fingerprint density at radius 1 is 1.30 bits per heavy atom. The standard InChI is InChI=1S/C16H21Cl2NO/c1-12(20)9-15-5-3-2-4-8-19(15)11-13-10-14(17)6-7-16(13)18/h6-7,10,15H,2-5,8-9,11H2,1H3. The summed E-state index contributed by atoms with van der Waals surface area (Å²) in [5, 5.41) is 1.46. The quantitative estimate of drug-likeness (QED) is 0.801. The van der Waals surface area contributed by atoms with E-state index < -0.39 is 0 Å². The molecule has 0 radical (unpaired) electrons. The second-order valence-electron chi connectivity index (χ2n) is 5.62. The fourth-order valence-corrected chi connectivity index (χ4v) is 3.26. The highest BCUT2D eigenvalue weighted by molar-refractivity contribution is 6.33. The first-order valence-electron chi connectivity index (χ1n) is 7.23. The van der Waals surface area contributed by atoms with Crippen LogP contribution in [0.15, 0.2) is 18.2 Å². The molecule has 2 nitrogen and oxygen atoms in total. The van der Waals surface area contributed by atoms with Crippen molar-refractivity contribution in [2.45, 2.75) is 51.6 Å². The Bertz CT molecular complexity index is 476. The van der Waals surface area contributed by atoms with Gasteiger partial charge in [-0.3, -0.25) is 9.69 Å². The molecule has 1 unspecified atom stereocenters. The van der Waals surface area contributed by atoms with Gasteiger partial charge < -0.3 is 0 Å². The smallest absolute Gasteiger partial charge is 0.131 e. The van der Waals surface area contributed by atoms with Crippen LogP contribution in [0.5, 0.6) is 0 Å². The number of benzene rings is 1. The van der Waals surface area contributed by atoms with E-state index in [1.165, 1.54) is 19.3 Å². The summed E-state index contributed by atoms with van der Waals surface area (Å²) in [4.78, 5) is 13.9. The predicted molar refractivity (Wildman–Crippen MR) is 84.4 cm³/mol. The maximum Gasteiger partial charge on any atom is 0.131 e. The monoisotopic (exact) mass is 313 g/mol. The minimum absolute atomic E-state index is 0.263. The number of nitrogens with zero attached hydrogens (tertiary/aromatic N) is 1. The van der Waals surface area contributed by atoms with Crippen LogP contribution in [0.4, 0.5) is 0 Å². The number of rotatable bonds is 4. The zero-order chi connectivity index (χ0) is 14.5. The number of hydrogen-bond acceptors (Lipinski definition) is 2. The molecule has 0 amide bonds. The Hall–Kier alpha value is -0.570. The summed E-state index contributed by atoms with van der Waals surface area (Å²) in [7, 11) is 0. The molecule has 1 aliphatic rings.